The number of nitrogens with zero attached hydrogens (tertiary/aromatic N) is 1. The van der Waals surface area contributed by atoms with Crippen LogP contribution in [0.3, 0.4) is 0 Å². The lowest BCUT2D eigenvalue weighted by molar-refractivity contribution is -0.172. The number of carbonyl (C=O) groups is 1. The number of hydroxylamine groups is 3. The molecule has 1 aliphatic heterocycles. The molecule has 1 aliphatic carbocycles. The molecule has 7 nitrogen and oxygen atoms in total. The molecule has 7 heteroatoms. The highest BCUT2D eigenvalue weighted by molar-refractivity contribution is 5.75. The smallest absolute Gasteiger partial charge is 0.243 e. The lowest BCUT2D eigenvalue weighted by Gasteiger charge is -2.24. The minimum atomic E-state index is -0.402. The Morgan fingerprint density at radius 3 is 2.69 bits per heavy atom. The first-order valence-electron chi connectivity index (χ1n) is 12.4. The van der Waals surface area contributed by atoms with Crippen molar-refractivity contribution in [2.75, 3.05) is 19.8 Å². The zero-order valence-electron chi connectivity index (χ0n) is 20.7. The molecule has 3 atom stereocenters. The van der Waals surface area contributed by atoms with Crippen molar-refractivity contribution in [3.8, 4) is 0 Å². The predicted octanol–water partition coefficient (Wildman–Crippen LogP) is 3.68. The fourth-order valence-electron chi connectivity index (χ4n) is 4.08. The van der Waals surface area contributed by atoms with Gasteiger partial charge in [-0.25, -0.2) is 5.48 Å². The van der Waals surface area contributed by atoms with Gasteiger partial charge in [0.2, 0.25) is 5.91 Å². The number of aryl methyl sites for hydroxylation is 1. The van der Waals surface area contributed by atoms with E-state index < -0.39 is 6.10 Å². The number of hydrogen-bond acceptors (Lipinski definition) is 6. The summed E-state index contributed by atoms with van der Waals surface area (Å²) in [5.41, 5.74) is 5.99. The van der Waals surface area contributed by atoms with Crippen LogP contribution in [-0.2, 0) is 27.4 Å². The predicted molar refractivity (Wildman–Crippen MR) is 142 cm³/mol. The van der Waals surface area contributed by atoms with E-state index >= 15 is 0 Å². The lowest BCUT2D eigenvalue weighted by Crippen LogP contribution is -2.28. The largest absolute Gasteiger partial charge is 0.394 e. The van der Waals surface area contributed by atoms with E-state index in [-0.39, 0.29) is 19.1 Å². The van der Waals surface area contributed by atoms with Crippen LogP contribution in [0.1, 0.15) is 24.0 Å². The molecule has 1 aromatic rings. The minimum absolute atomic E-state index is 0.0260. The van der Waals surface area contributed by atoms with Crippen LogP contribution >= 0.6 is 0 Å². The molecule has 0 aromatic heterocycles. The summed E-state index contributed by atoms with van der Waals surface area (Å²) in [6, 6.07) is 8.50. The summed E-state index contributed by atoms with van der Waals surface area (Å²) in [6.07, 6.45) is 18.8. The first-order valence-corrected chi connectivity index (χ1v) is 12.4. The van der Waals surface area contributed by atoms with E-state index in [1.165, 1.54) is 5.57 Å². The summed E-state index contributed by atoms with van der Waals surface area (Å²) < 4.78 is 0. The molecule has 1 aromatic carbocycles. The Bertz CT molecular complexity index is 981. The van der Waals surface area contributed by atoms with Crippen LogP contribution in [-0.4, -0.2) is 48.0 Å². The van der Waals surface area contributed by atoms with Gasteiger partial charge in [-0.05, 0) is 41.8 Å². The van der Waals surface area contributed by atoms with E-state index in [2.05, 4.69) is 54.5 Å². The Morgan fingerprint density at radius 1 is 1.17 bits per heavy atom. The van der Waals surface area contributed by atoms with Crippen molar-refractivity contribution in [3.05, 3.63) is 109 Å². The van der Waals surface area contributed by atoms with E-state index in [1.807, 2.05) is 29.3 Å². The molecule has 1 amide bonds. The quantitative estimate of drug-likeness (QED) is 0.186. The number of allylic oxidation sites excluding steroid dienone is 4. The van der Waals surface area contributed by atoms with Crippen molar-refractivity contribution in [1.82, 2.24) is 15.9 Å². The normalized spacial score (nSPS) is 19.1. The van der Waals surface area contributed by atoms with Crippen LogP contribution in [0, 0.1) is 5.92 Å². The number of aliphatic hydroxyl groups is 1. The van der Waals surface area contributed by atoms with Crippen molar-refractivity contribution >= 4 is 5.91 Å². The van der Waals surface area contributed by atoms with Crippen LogP contribution in [0.15, 0.2) is 97.8 Å². The lowest BCUT2D eigenvalue weighted by atomic mass is 9.90. The van der Waals surface area contributed by atoms with Gasteiger partial charge in [-0.1, -0.05) is 73.4 Å². The Morgan fingerprint density at radius 2 is 1.94 bits per heavy atom. The van der Waals surface area contributed by atoms with E-state index in [1.54, 1.807) is 24.3 Å². The van der Waals surface area contributed by atoms with Gasteiger partial charge in [0, 0.05) is 25.4 Å². The van der Waals surface area contributed by atoms with Gasteiger partial charge in [0.05, 0.1) is 19.3 Å². The molecule has 0 spiro atoms. The number of carbonyl (C=O) groups excluding carboxylic acids is 1. The van der Waals surface area contributed by atoms with Crippen LogP contribution < -0.4 is 10.8 Å². The molecule has 3 rings (SSSR count). The fourth-order valence-corrected chi connectivity index (χ4v) is 4.08. The second kappa shape index (κ2) is 15.0. The molecule has 1 heterocycles. The summed E-state index contributed by atoms with van der Waals surface area (Å²) in [7, 11) is 0. The highest BCUT2D eigenvalue weighted by Gasteiger charge is 2.26. The molecule has 0 radical (unpaired) electrons. The molecule has 0 bridgehead atoms. The van der Waals surface area contributed by atoms with Gasteiger partial charge in [0.25, 0.3) is 0 Å². The van der Waals surface area contributed by atoms with Gasteiger partial charge in [-0.2, -0.15) is 5.06 Å². The number of fused-ring (bicyclic) bond motifs is 1. The zero-order valence-corrected chi connectivity index (χ0v) is 20.7. The summed E-state index contributed by atoms with van der Waals surface area (Å²) >= 11 is 0. The number of nitrogens with one attached hydrogen (secondary N) is 2. The van der Waals surface area contributed by atoms with Crippen molar-refractivity contribution < 1.29 is 19.6 Å². The molecule has 0 fully saturated rings. The highest BCUT2D eigenvalue weighted by atomic mass is 16.7. The van der Waals surface area contributed by atoms with Gasteiger partial charge >= 0.3 is 0 Å². The number of benzene rings is 1. The standard InChI is InChI=1S/C29H37N3O4/c1-3-5-8-26(4-2)36-31-29(34)16-15-23-11-13-24(14-12-23)22-32(35-20-19-33)18-17-25-21-30-28-10-7-6-9-27(25)28/h3-14,21,26-28,30,33H,1-2,15-20,22H2,(H,31,34). The number of rotatable bonds is 16. The first kappa shape index (κ1) is 27.4. The van der Waals surface area contributed by atoms with Crippen molar-refractivity contribution in [3.63, 3.8) is 0 Å². The zero-order chi connectivity index (χ0) is 25.6. The Kier molecular flexibility index (Phi) is 11.4. The second-order valence-electron chi connectivity index (χ2n) is 8.66. The number of hydrogen-bond donors (Lipinski definition) is 3. The average Bonchev–Trinajstić information content (AvgIpc) is 3.33. The molecule has 36 heavy (non-hydrogen) atoms. The Hall–Kier alpha value is -3.23. The third kappa shape index (κ3) is 8.77. The molecular weight excluding hydrogens is 454 g/mol. The van der Waals surface area contributed by atoms with Gasteiger partial charge < -0.3 is 10.4 Å². The molecule has 2 aliphatic rings. The second-order valence-corrected chi connectivity index (χ2v) is 8.66. The Labute approximate surface area is 214 Å². The number of aliphatic hydroxyl groups excluding tert-OH is 1. The molecule has 0 saturated carbocycles. The van der Waals surface area contributed by atoms with Gasteiger partial charge in [0.1, 0.15) is 6.10 Å². The SMILES string of the molecule is C=CC=CC(C=C)ONC(=O)CCc1ccc(CN(CCC2=CNC3C=CC=CC23)OCCO)cc1. The Balaban J connectivity index is 1.45. The van der Waals surface area contributed by atoms with Crippen LogP contribution in [0.2, 0.25) is 0 Å². The fraction of sp³-hybridized carbons (Fsp3) is 0.345. The van der Waals surface area contributed by atoms with E-state index in [0.717, 1.165) is 24.1 Å². The summed E-state index contributed by atoms with van der Waals surface area (Å²) in [5.74, 6) is 0.200. The minimum Gasteiger partial charge on any atom is -0.394 e. The van der Waals surface area contributed by atoms with Crippen molar-refractivity contribution in [2.45, 2.75) is 38.0 Å². The van der Waals surface area contributed by atoms with E-state index in [0.29, 0.717) is 31.3 Å². The molecule has 3 N–H and O–H groups in total. The average molecular weight is 492 g/mol. The first-order chi connectivity index (χ1) is 17.6. The number of amides is 1. The maximum Gasteiger partial charge on any atom is 0.243 e. The third-order valence-corrected chi connectivity index (χ3v) is 6.04. The monoisotopic (exact) mass is 491 g/mol. The highest BCUT2D eigenvalue weighted by Crippen LogP contribution is 2.28. The maximum atomic E-state index is 12.1. The van der Waals surface area contributed by atoms with Crippen LogP contribution in [0.4, 0.5) is 0 Å². The summed E-state index contributed by atoms with van der Waals surface area (Å²) in [6.45, 7) is 8.86. The van der Waals surface area contributed by atoms with Crippen LogP contribution in [0.5, 0.6) is 0 Å². The molecule has 3 unspecified atom stereocenters. The van der Waals surface area contributed by atoms with Gasteiger partial charge in [-0.3, -0.25) is 14.5 Å². The van der Waals surface area contributed by atoms with E-state index in [9.17, 15) is 9.90 Å². The van der Waals surface area contributed by atoms with Gasteiger partial charge in [0.15, 0.2) is 0 Å². The van der Waals surface area contributed by atoms with Crippen molar-refractivity contribution in [2.24, 2.45) is 5.92 Å². The van der Waals surface area contributed by atoms with E-state index in [4.69, 9.17) is 9.68 Å². The maximum absolute atomic E-state index is 12.1. The molecule has 192 valence electrons. The molecule has 0 saturated heterocycles. The summed E-state index contributed by atoms with van der Waals surface area (Å²) in [5, 5.41) is 14.6. The van der Waals surface area contributed by atoms with Crippen LogP contribution in [0.25, 0.3) is 0 Å². The topological polar surface area (TPSA) is 83.1 Å². The summed E-state index contributed by atoms with van der Waals surface area (Å²) in [4.78, 5) is 23.2. The third-order valence-electron chi connectivity index (χ3n) is 6.04. The molecular formula is C29H37N3O4. The van der Waals surface area contributed by atoms with Gasteiger partial charge in [-0.15, -0.1) is 6.58 Å². The van der Waals surface area contributed by atoms with Crippen molar-refractivity contribution in [1.29, 1.82) is 0 Å².